The molecule has 2 aromatic rings. The van der Waals surface area contributed by atoms with Crippen molar-refractivity contribution in [2.75, 3.05) is 11.1 Å². The summed E-state index contributed by atoms with van der Waals surface area (Å²) in [4.78, 5) is 11.9. The van der Waals surface area contributed by atoms with Crippen LogP contribution in [-0.2, 0) is 18.3 Å². The van der Waals surface area contributed by atoms with Crippen LogP contribution >= 0.6 is 11.8 Å². The molecular weight excluding hydrogens is 286 g/mol. The standard InChI is InChI=1S/C14H15N5OS/c1-10-17-18-14(19(10)2)21-9-13(20)16-12-5-3-11(4-6-12)7-8-15/h3-6H,7,9H2,1-2H3,(H,16,20). The third kappa shape index (κ3) is 4.07. The SMILES string of the molecule is Cc1nnc(SCC(=O)Nc2ccc(CC#N)cc2)n1C. The molecule has 1 amide bonds. The van der Waals surface area contributed by atoms with Crippen molar-refractivity contribution in [3.8, 4) is 6.07 Å². The van der Waals surface area contributed by atoms with E-state index in [1.165, 1.54) is 11.8 Å². The van der Waals surface area contributed by atoms with E-state index < -0.39 is 0 Å². The summed E-state index contributed by atoms with van der Waals surface area (Å²) in [7, 11) is 1.86. The molecule has 0 unspecified atom stereocenters. The maximum atomic E-state index is 11.9. The van der Waals surface area contributed by atoms with Gasteiger partial charge in [0.15, 0.2) is 5.16 Å². The zero-order valence-electron chi connectivity index (χ0n) is 11.8. The number of nitriles is 1. The maximum Gasteiger partial charge on any atom is 0.234 e. The van der Waals surface area contributed by atoms with Gasteiger partial charge in [-0.05, 0) is 24.6 Å². The van der Waals surface area contributed by atoms with Crippen LogP contribution < -0.4 is 5.32 Å². The van der Waals surface area contributed by atoms with E-state index >= 15 is 0 Å². The molecule has 108 valence electrons. The van der Waals surface area contributed by atoms with Crippen molar-refractivity contribution < 1.29 is 4.79 Å². The number of thioether (sulfide) groups is 1. The number of aromatic nitrogens is 3. The molecule has 1 N–H and O–H groups in total. The Labute approximate surface area is 127 Å². The van der Waals surface area contributed by atoms with Crippen LogP contribution in [0.1, 0.15) is 11.4 Å². The minimum atomic E-state index is -0.103. The Bertz CT molecular complexity index is 672. The second-order valence-electron chi connectivity index (χ2n) is 4.46. The van der Waals surface area contributed by atoms with Gasteiger partial charge in [-0.1, -0.05) is 23.9 Å². The third-order valence-electron chi connectivity index (χ3n) is 2.91. The van der Waals surface area contributed by atoms with E-state index in [-0.39, 0.29) is 11.7 Å². The zero-order chi connectivity index (χ0) is 15.2. The molecule has 0 aliphatic rings. The lowest BCUT2D eigenvalue weighted by molar-refractivity contribution is -0.113. The van der Waals surface area contributed by atoms with Crippen LogP contribution in [0, 0.1) is 18.3 Å². The summed E-state index contributed by atoms with van der Waals surface area (Å²) in [5, 5.41) is 20.1. The lowest BCUT2D eigenvalue weighted by atomic mass is 10.1. The van der Waals surface area contributed by atoms with Gasteiger partial charge in [0.1, 0.15) is 5.82 Å². The van der Waals surface area contributed by atoms with Gasteiger partial charge in [0, 0.05) is 12.7 Å². The lowest BCUT2D eigenvalue weighted by Crippen LogP contribution is -2.14. The van der Waals surface area contributed by atoms with Crippen LogP contribution in [0.2, 0.25) is 0 Å². The largest absolute Gasteiger partial charge is 0.325 e. The van der Waals surface area contributed by atoms with Crippen LogP contribution in [0.15, 0.2) is 29.4 Å². The highest BCUT2D eigenvalue weighted by Gasteiger charge is 2.09. The Morgan fingerprint density at radius 2 is 2.10 bits per heavy atom. The van der Waals surface area contributed by atoms with Gasteiger partial charge in [0.25, 0.3) is 0 Å². The summed E-state index contributed by atoms with van der Waals surface area (Å²) in [6.45, 7) is 1.86. The fourth-order valence-corrected chi connectivity index (χ4v) is 2.39. The average molecular weight is 301 g/mol. The zero-order valence-corrected chi connectivity index (χ0v) is 12.6. The van der Waals surface area contributed by atoms with Gasteiger partial charge in [-0.25, -0.2) is 0 Å². The van der Waals surface area contributed by atoms with E-state index in [0.717, 1.165) is 17.1 Å². The molecule has 0 bridgehead atoms. The fraction of sp³-hybridized carbons (Fsp3) is 0.286. The molecule has 21 heavy (non-hydrogen) atoms. The lowest BCUT2D eigenvalue weighted by Gasteiger charge is -2.05. The maximum absolute atomic E-state index is 11.9. The highest BCUT2D eigenvalue weighted by atomic mass is 32.2. The minimum Gasteiger partial charge on any atom is -0.325 e. The number of aryl methyl sites for hydroxylation is 1. The van der Waals surface area contributed by atoms with Crippen LogP contribution in [-0.4, -0.2) is 26.4 Å². The molecule has 0 aliphatic heterocycles. The van der Waals surface area contributed by atoms with Crippen LogP contribution in [0.3, 0.4) is 0 Å². The van der Waals surface area contributed by atoms with Crippen molar-refractivity contribution in [3.63, 3.8) is 0 Å². The number of amides is 1. The summed E-state index contributed by atoms with van der Waals surface area (Å²) >= 11 is 1.34. The fourth-order valence-electron chi connectivity index (χ4n) is 1.64. The number of carbonyl (C=O) groups excluding carboxylic acids is 1. The number of anilines is 1. The number of benzene rings is 1. The predicted molar refractivity (Wildman–Crippen MR) is 80.9 cm³/mol. The molecule has 1 aromatic carbocycles. The summed E-state index contributed by atoms with van der Waals surface area (Å²) in [6, 6.07) is 9.33. The molecular formula is C14H15N5OS. The van der Waals surface area contributed by atoms with Crippen molar-refractivity contribution >= 4 is 23.4 Å². The molecule has 2 rings (SSSR count). The van der Waals surface area contributed by atoms with Crippen LogP contribution in [0.25, 0.3) is 0 Å². The van der Waals surface area contributed by atoms with E-state index in [1.54, 1.807) is 12.1 Å². The number of nitrogens with one attached hydrogen (secondary N) is 1. The number of carbonyl (C=O) groups is 1. The van der Waals surface area contributed by atoms with Crippen LogP contribution in [0.5, 0.6) is 0 Å². The molecule has 0 spiro atoms. The minimum absolute atomic E-state index is 0.103. The van der Waals surface area contributed by atoms with Crippen molar-refractivity contribution in [1.29, 1.82) is 5.26 Å². The van der Waals surface area contributed by atoms with E-state index in [4.69, 9.17) is 5.26 Å². The van der Waals surface area contributed by atoms with Gasteiger partial charge >= 0.3 is 0 Å². The molecule has 0 fully saturated rings. The number of rotatable bonds is 5. The topological polar surface area (TPSA) is 83.6 Å². The molecule has 0 saturated heterocycles. The monoisotopic (exact) mass is 301 g/mol. The second-order valence-corrected chi connectivity index (χ2v) is 5.40. The van der Waals surface area contributed by atoms with Gasteiger partial charge < -0.3 is 9.88 Å². The highest BCUT2D eigenvalue weighted by molar-refractivity contribution is 7.99. The van der Waals surface area contributed by atoms with E-state index in [0.29, 0.717) is 11.6 Å². The number of nitrogens with zero attached hydrogens (tertiary/aromatic N) is 4. The predicted octanol–water partition coefficient (Wildman–Crippen LogP) is 1.92. The quantitative estimate of drug-likeness (QED) is 0.853. The van der Waals surface area contributed by atoms with Gasteiger partial charge in [-0.2, -0.15) is 5.26 Å². The van der Waals surface area contributed by atoms with Gasteiger partial charge in [0.05, 0.1) is 18.2 Å². The van der Waals surface area contributed by atoms with Gasteiger partial charge in [-0.3, -0.25) is 4.79 Å². The molecule has 0 radical (unpaired) electrons. The molecule has 1 heterocycles. The Kier molecular flexibility index (Phi) is 4.95. The number of hydrogen-bond donors (Lipinski definition) is 1. The van der Waals surface area contributed by atoms with Gasteiger partial charge in [-0.15, -0.1) is 10.2 Å². The first kappa shape index (κ1) is 15.1. The first-order valence-corrected chi connectivity index (χ1v) is 7.33. The first-order chi connectivity index (χ1) is 10.1. The summed E-state index contributed by atoms with van der Waals surface area (Å²) < 4.78 is 1.84. The third-order valence-corrected chi connectivity index (χ3v) is 3.93. The Morgan fingerprint density at radius 3 is 2.67 bits per heavy atom. The molecule has 6 nitrogen and oxygen atoms in total. The number of hydrogen-bond acceptors (Lipinski definition) is 5. The highest BCUT2D eigenvalue weighted by Crippen LogP contribution is 2.16. The second kappa shape index (κ2) is 6.90. The van der Waals surface area contributed by atoms with Crippen LogP contribution in [0.4, 0.5) is 5.69 Å². The van der Waals surface area contributed by atoms with Gasteiger partial charge in [0.2, 0.25) is 5.91 Å². The average Bonchev–Trinajstić information content (AvgIpc) is 2.79. The Balaban J connectivity index is 1.87. The van der Waals surface area contributed by atoms with Crippen molar-refractivity contribution in [2.24, 2.45) is 7.05 Å². The molecule has 0 saturated carbocycles. The molecule has 1 aromatic heterocycles. The normalized spacial score (nSPS) is 10.1. The van der Waals surface area contributed by atoms with Crippen molar-refractivity contribution in [1.82, 2.24) is 14.8 Å². The molecule has 7 heteroatoms. The summed E-state index contributed by atoms with van der Waals surface area (Å²) in [6.07, 6.45) is 0.371. The molecule has 0 aliphatic carbocycles. The van der Waals surface area contributed by atoms with Crippen molar-refractivity contribution in [2.45, 2.75) is 18.5 Å². The van der Waals surface area contributed by atoms with E-state index in [1.807, 2.05) is 30.7 Å². The summed E-state index contributed by atoms with van der Waals surface area (Å²) in [5.74, 6) is 0.978. The van der Waals surface area contributed by atoms with E-state index in [2.05, 4.69) is 21.6 Å². The summed E-state index contributed by atoms with van der Waals surface area (Å²) in [5.41, 5.74) is 1.65. The smallest absolute Gasteiger partial charge is 0.234 e. The van der Waals surface area contributed by atoms with E-state index in [9.17, 15) is 4.79 Å². The van der Waals surface area contributed by atoms with Crippen molar-refractivity contribution in [3.05, 3.63) is 35.7 Å². The Morgan fingerprint density at radius 1 is 1.38 bits per heavy atom. The molecule has 0 atom stereocenters. The first-order valence-electron chi connectivity index (χ1n) is 6.34. The Hall–Kier alpha value is -2.33.